The molecule has 8 heteroatoms. The zero-order chi connectivity index (χ0) is 26.0. The lowest BCUT2D eigenvalue weighted by Gasteiger charge is -2.20. The third kappa shape index (κ3) is 5.25. The molecule has 0 amide bonds. The molecule has 2 heterocycles. The number of hydrogen-bond acceptors (Lipinski definition) is 6. The number of nitrogens with one attached hydrogen (secondary N) is 1. The van der Waals surface area contributed by atoms with Gasteiger partial charge in [0.15, 0.2) is 0 Å². The van der Waals surface area contributed by atoms with Crippen LogP contribution < -0.4 is 9.46 Å². The van der Waals surface area contributed by atoms with Crippen LogP contribution in [0.1, 0.15) is 53.5 Å². The average molecular weight is 518 g/mol. The number of hydrogen-bond donors (Lipinski definition) is 1. The van der Waals surface area contributed by atoms with Gasteiger partial charge in [-0.3, -0.25) is 4.98 Å². The fraction of sp³-hybridized carbons (Fsp3) is 0.310. The van der Waals surface area contributed by atoms with Crippen molar-refractivity contribution in [3.05, 3.63) is 88.4 Å². The van der Waals surface area contributed by atoms with E-state index in [1.165, 1.54) is 5.56 Å². The molecule has 0 saturated heterocycles. The summed E-state index contributed by atoms with van der Waals surface area (Å²) in [6.07, 6.45) is 5.03. The van der Waals surface area contributed by atoms with Crippen LogP contribution in [0.15, 0.2) is 64.0 Å². The third-order valence-electron chi connectivity index (χ3n) is 6.87. The summed E-state index contributed by atoms with van der Waals surface area (Å²) in [6.45, 7) is 5.88. The summed E-state index contributed by atoms with van der Waals surface area (Å²) < 4.78 is 41.3. The van der Waals surface area contributed by atoms with Crippen LogP contribution in [-0.4, -0.2) is 18.6 Å². The first kappa shape index (κ1) is 25.0. The monoisotopic (exact) mass is 517 g/mol. The summed E-state index contributed by atoms with van der Waals surface area (Å²) in [5.41, 5.74) is 6.76. The number of rotatable bonds is 8. The molecule has 2 aromatic carbocycles. The van der Waals surface area contributed by atoms with Gasteiger partial charge in [-0.2, -0.15) is 0 Å². The molecule has 0 atom stereocenters. The fourth-order valence-electron chi connectivity index (χ4n) is 4.62. The van der Waals surface area contributed by atoms with Crippen LogP contribution in [0.2, 0.25) is 0 Å². The highest BCUT2D eigenvalue weighted by Crippen LogP contribution is 2.33. The average Bonchev–Trinajstić information content (AvgIpc) is 3.23. The fourth-order valence-corrected chi connectivity index (χ4v) is 5.94. The second-order valence-electron chi connectivity index (χ2n) is 9.41. The summed E-state index contributed by atoms with van der Waals surface area (Å²) in [5, 5.41) is 3.88. The van der Waals surface area contributed by atoms with Crippen LogP contribution in [0, 0.1) is 13.8 Å². The van der Waals surface area contributed by atoms with Gasteiger partial charge >= 0.3 is 0 Å². The number of aromatic nitrogens is 2. The Kier molecular flexibility index (Phi) is 7.02. The molecule has 4 aromatic rings. The molecule has 0 unspecified atom stereocenters. The predicted octanol–water partition coefficient (Wildman–Crippen LogP) is 6.17. The van der Waals surface area contributed by atoms with E-state index in [0.717, 1.165) is 60.4 Å². The van der Waals surface area contributed by atoms with Crippen molar-refractivity contribution in [2.45, 2.75) is 64.4 Å². The van der Waals surface area contributed by atoms with E-state index in [-0.39, 0.29) is 17.4 Å². The van der Waals surface area contributed by atoms with E-state index in [1.807, 2.05) is 48.5 Å². The van der Waals surface area contributed by atoms with Gasteiger partial charge in [0, 0.05) is 34.1 Å². The topological polar surface area (TPSA) is 94.3 Å². The Bertz CT molecular complexity index is 1530. The lowest BCUT2D eigenvalue weighted by Crippen LogP contribution is -2.15. The molecule has 0 aliphatic heterocycles. The van der Waals surface area contributed by atoms with Crippen molar-refractivity contribution >= 4 is 15.9 Å². The number of fused-ring (bicyclic) bond motifs is 1. The van der Waals surface area contributed by atoms with Gasteiger partial charge < -0.3 is 9.26 Å². The molecule has 1 aliphatic rings. The largest absolute Gasteiger partial charge is 0.488 e. The molecule has 7 nitrogen and oxygen atoms in total. The van der Waals surface area contributed by atoms with Crippen LogP contribution in [0.4, 0.5) is 5.88 Å². The minimum Gasteiger partial charge on any atom is -0.488 e. The maximum atomic E-state index is 13.6. The first-order valence-corrected chi connectivity index (χ1v) is 14.1. The molecule has 0 saturated carbocycles. The van der Waals surface area contributed by atoms with Gasteiger partial charge in [-0.25, -0.2) is 13.1 Å². The number of pyridine rings is 1. The Labute approximate surface area is 217 Å². The van der Waals surface area contributed by atoms with Crippen molar-refractivity contribution in [2.75, 3.05) is 4.72 Å². The SMILES string of the molecule is CCc1cc(OCc2ccc(-c3ccccc3)c(S(=O)(=O)Nc3onc(C)c3C)c2)c2c(n1)CCCC2. The predicted molar refractivity (Wildman–Crippen MR) is 143 cm³/mol. The minimum atomic E-state index is -3.98. The second-order valence-corrected chi connectivity index (χ2v) is 11.1. The molecule has 37 heavy (non-hydrogen) atoms. The van der Waals surface area contributed by atoms with Crippen LogP contribution in [0.5, 0.6) is 5.75 Å². The minimum absolute atomic E-state index is 0.119. The number of benzene rings is 2. The molecule has 0 spiro atoms. The van der Waals surface area contributed by atoms with E-state index in [9.17, 15) is 8.42 Å². The lowest BCUT2D eigenvalue weighted by atomic mass is 9.94. The molecule has 0 bridgehead atoms. The van der Waals surface area contributed by atoms with E-state index in [4.69, 9.17) is 14.2 Å². The van der Waals surface area contributed by atoms with Crippen LogP contribution in [0.3, 0.4) is 0 Å². The Morgan fingerprint density at radius 1 is 1.03 bits per heavy atom. The Morgan fingerprint density at radius 2 is 1.81 bits per heavy atom. The van der Waals surface area contributed by atoms with Gasteiger partial charge in [-0.1, -0.05) is 54.5 Å². The highest BCUT2D eigenvalue weighted by Gasteiger charge is 2.24. The number of aryl methyl sites for hydroxylation is 3. The van der Waals surface area contributed by atoms with Gasteiger partial charge in [-0.05, 0) is 63.1 Å². The third-order valence-corrected chi connectivity index (χ3v) is 8.24. The first-order chi connectivity index (χ1) is 17.9. The smallest absolute Gasteiger partial charge is 0.264 e. The number of ether oxygens (including phenoxy) is 1. The van der Waals surface area contributed by atoms with E-state index in [2.05, 4.69) is 16.8 Å². The summed E-state index contributed by atoms with van der Waals surface area (Å²) in [4.78, 5) is 4.96. The molecular formula is C29H31N3O4S. The van der Waals surface area contributed by atoms with Gasteiger partial charge in [-0.15, -0.1) is 0 Å². The summed E-state index contributed by atoms with van der Waals surface area (Å²) in [5.74, 6) is 0.970. The first-order valence-electron chi connectivity index (χ1n) is 12.6. The summed E-state index contributed by atoms with van der Waals surface area (Å²) in [6, 6.07) is 16.9. The normalized spacial score (nSPS) is 13.3. The van der Waals surface area contributed by atoms with Gasteiger partial charge in [0.2, 0.25) is 5.88 Å². The van der Waals surface area contributed by atoms with Crippen molar-refractivity contribution in [2.24, 2.45) is 0 Å². The van der Waals surface area contributed by atoms with Crippen molar-refractivity contribution < 1.29 is 17.7 Å². The molecule has 1 N–H and O–H groups in total. The van der Waals surface area contributed by atoms with E-state index >= 15 is 0 Å². The summed E-state index contributed by atoms with van der Waals surface area (Å²) >= 11 is 0. The van der Waals surface area contributed by atoms with Gasteiger partial charge in [0.1, 0.15) is 12.4 Å². The maximum Gasteiger partial charge on any atom is 0.264 e. The quantitative estimate of drug-likeness (QED) is 0.300. The standard InChI is InChI=1S/C29H31N3O4S/c1-4-23-17-27(25-12-8-9-13-26(25)30-23)35-18-21-14-15-24(22-10-6-5-7-11-22)28(16-21)37(33,34)32-29-19(2)20(3)31-36-29/h5-7,10-11,14-17,32H,4,8-9,12-13,18H2,1-3H3. The Morgan fingerprint density at radius 3 is 2.54 bits per heavy atom. The molecule has 2 aromatic heterocycles. The van der Waals surface area contributed by atoms with Crippen molar-refractivity contribution in [3.8, 4) is 16.9 Å². The van der Waals surface area contributed by atoms with E-state index in [1.54, 1.807) is 19.9 Å². The Balaban J connectivity index is 1.50. The summed E-state index contributed by atoms with van der Waals surface area (Å²) in [7, 11) is -3.98. The van der Waals surface area contributed by atoms with E-state index < -0.39 is 10.0 Å². The van der Waals surface area contributed by atoms with Crippen LogP contribution >= 0.6 is 0 Å². The molecule has 0 fully saturated rings. The highest BCUT2D eigenvalue weighted by atomic mass is 32.2. The second kappa shape index (κ2) is 10.4. The number of nitrogens with zero attached hydrogens (tertiary/aromatic N) is 2. The molecule has 192 valence electrons. The number of sulfonamides is 1. The molecule has 0 radical (unpaired) electrons. The van der Waals surface area contributed by atoms with Gasteiger partial charge in [0.25, 0.3) is 10.0 Å². The maximum absolute atomic E-state index is 13.6. The zero-order valence-corrected chi connectivity index (χ0v) is 22.2. The zero-order valence-electron chi connectivity index (χ0n) is 21.4. The van der Waals surface area contributed by atoms with Crippen LogP contribution in [-0.2, 0) is 35.9 Å². The highest BCUT2D eigenvalue weighted by molar-refractivity contribution is 7.92. The Hall–Kier alpha value is -3.65. The number of anilines is 1. The molecule has 5 rings (SSSR count). The van der Waals surface area contributed by atoms with Crippen molar-refractivity contribution in [1.82, 2.24) is 10.1 Å². The van der Waals surface area contributed by atoms with Crippen molar-refractivity contribution in [3.63, 3.8) is 0 Å². The van der Waals surface area contributed by atoms with E-state index in [0.29, 0.717) is 16.8 Å². The van der Waals surface area contributed by atoms with Gasteiger partial charge in [0.05, 0.1) is 10.6 Å². The molecule has 1 aliphatic carbocycles. The lowest BCUT2D eigenvalue weighted by molar-refractivity contribution is 0.300. The van der Waals surface area contributed by atoms with Crippen molar-refractivity contribution in [1.29, 1.82) is 0 Å². The molecular weight excluding hydrogens is 486 g/mol. The van der Waals surface area contributed by atoms with Crippen LogP contribution in [0.25, 0.3) is 11.1 Å².